The average Bonchev–Trinajstić information content (AvgIpc) is 2.56. The van der Waals surface area contributed by atoms with Crippen LogP contribution < -0.4 is 5.73 Å². The molecular weight excluding hydrogens is 186 g/mol. The van der Waals surface area contributed by atoms with E-state index in [1.54, 1.807) is 0 Å². The summed E-state index contributed by atoms with van der Waals surface area (Å²) in [5.74, 6) is 0.750. The van der Waals surface area contributed by atoms with Crippen LogP contribution in [-0.2, 0) is 0 Å². The van der Waals surface area contributed by atoms with Gasteiger partial charge in [0, 0.05) is 6.04 Å². The predicted octanol–water partition coefficient (Wildman–Crippen LogP) is 2.36. The van der Waals surface area contributed by atoms with Gasteiger partial charge < -0.3 is 10.6 Å². The molecule has 0 amide bonds. The maximum absolute atomic E-state index is 6.01. The summed E-state index contributed by atoms with van der Waals surface area (Å²) in [6.45, 7) is 9.82. The molecule has 2 unspecified atom stereocenters. The molecule has 88 valence electrons. The Morgan fingerprint density at radius 3 is 2.60 bits per heavy atom. The van der Waals surface area contributed by atoms with E-state index < -0.39 is 0 Å². The van der Waals surface area contributed by atoms with Crippen molar-refractivity contribution < 1.29 is 0 Å². The number of hydrogen-bond acceptors (Lipinski definition) is 3. The highest BCUT2D eigenvalue weighted by atomic mass is 15.4. The smallest absolute Gasteiger partial charge is 0.192 e. The molecule has 2 N–H and O–H groups in total. The van der Waals surface area contributed by atoms with Gasteiger partial charge in [0.2, 0.25) is 0 Å². The fourth-order valence-corrected chi connectivity index (χ4v) is 2.62. The highest BCUT2D eigenvalue weighted by Crippen LogP contribution is 2.32. The lowest BCUT2D eigenvalue weighted by Crippen LogP contribution is -2.55. The van der Waals surface area contributed by atoms with Gasteiger partial charge in [0.15, 0.2) is 5.96 Å². The van der Waals surface area contributed by atoms with Gasteiger partial charge >= 0.3 is 0 Å². The molecule has 0 saturated heterocycles. The van der Waals surface area contributed by atoms with Gasteiger partial charge in [0.05, 0.1) is 12.1 Å². The van der Waals surface area contributed by atoms with Crippen molar-refractivity contribution in [3.63, 3.8) is 0 Å². The Morgan fingerprint density at radius 2 is 2.13 bits per heavy atom. The van der Waals surface area contributed by atoms with E-state index in [-0.39, 0.29) is 5.54 Å². The van der Waals surface area contributed by atoms with E-state index in [2.05, 4.69) is 37.6 Å². The van der Waals surface area contributed by atoms with Crippen LogP contribution in [-0.4, -0.2) is 29.0 Å². The normalized spacial score (nSPS) is 28.0. The van der Waals surface area contributed by atoms with Crippen LogP contribution in [0.4, 0.5) is 0 Å². The van der Waals surface area contributed by atoms with Gasteiger partial charge in [-0.25, -0.2) is 0 Å². The zero-order valence-electron chi connectivity index (χ0n) is 10.6. The monoisotopic (exact) mass is 211 g/mol. The van der Waals surface area contributed by atoms with Crippen molar-refractivity contribution in [1.82, 2.24) is 4.90 Å². The van der Waals surface area contributed by atoms with Crippen molar-refractivity contribution in [3.8, 4) is 0 Å². The first kappa shape index (κ1) is 12.3. The third-order valence-corrected chi connectivity index (χ3v) is 3.70. The molecule has 0 radical (unpaired) electrons. The van der Waals surface area contributed by atoms with Crippen molar-refractivity contribution in [2.75, 3.05) is 6.54 Å². The molecule has 0 spiro atoms. The van der Waals surface area contributed by atoms with Crippen LogP contribution in [0.25, 0.3) is 0 Å². The van der Waals surface area contributed by atoms with Gasteiger partial charge in [0.1, 0.15) is 0 Å². The molecule has 0 saturated carbocycles. The molecule has 0 fully saturated rings. The number of hydrogen-bond donors (Lipinski definition) is 1. The lowest BCUT2D eigenvalue weighted by Gasteiger charge is -2.42. The Kier molecular flexibility index (Phi) is 4.00. The van der Waals surface area contributed by atoms with Gasteiger partial charge in [0.25, 0.3) is 0 Å². The standard InChI is InChI=1S/C12H25N3/c1-5-8-12(7-3)9-14-11(13)15(12)10(4)6-2/h10H,5-9H2,1-4H3,(H2,13,14). The minimum absolute atomic E-state index is 0.203. The summed E-state index contributed by atoms with van der Waals surface area (Å²) >= 11 is 0. The molecule has 1 heterocycles. The molecule has 0 bridgehead atoms. The first-order valence-electron chi connectivity index (χ1n) is 6.20. The minimum atomic E-state index is 0.203. The second kappa shape index (κ2) is 4.86. The Balaban J connectivity index is 2.89. The van der Waals surface area contributed by atoms with Crippen LogP contribution in [0.3, 0.4) is 0 Å². The van der Waals surface area contributed by atoms with E-state index in [0.717, 1.165) is 25.3 Å². The van der Waals surface area contributed by atoms with Crippen LogP contribution in [0.15, 0.2) is 4.99 Å². The second-order valence-electron chi connectivity index (χ2n) is 4.63. The second-order valence-corrected chi connectivity index (χ2v) is 4.63. The van der Waals surface area contributed by atoms with E-state index in [9.17, 15) is 0 Å². The third-order valence-electron chi connectivity index (χ3n) is 3.70. The first-order valence-corrected chi connectivity index (χ1v) is 6.20. The summed E-state index contributed by atoms with van der Waals surface area (Å²) in [6.07, 6.45) is 4.65. The minimum Gasteiger partial charge on any atom is -0.370 e. The summed E-state index contributed by atoms with van der Waals surface area (Å²) in [4.78, 5) is 6.81. The predicted molar refractivity (Wildman–Crippen MR) is 66.0 cm³/mol. The van der Waals surface area contributed by atoms with Gasteiger partial charge in [-0.3, -0.25) is 4.99 Å². The maximum atomic E-state index is 6.01. The van der Waals surface area contributed by atoms with Crippen LogP contribution in [0, 0.1) is 0 Å². The Labute approximate surface area is 93.7 Å². The fourth-order valence-electron chi connectivity index (χ4n) is 2.62. The first-order chi connectivity index (χ1) is 7.11. The lowest BCUT2D eigenvalue weighted by molar-refractivity contribution is 0.135. The van der Waals surface area contributed by atoms with Crippen LogP contribution in [0.2, 0.25) is 0 Å². The van der Waals surface area contributed by atoms with Crippen molar-refractivity contribution in [1.29, 1.82) is 0 Å². The summed E-state index contributed by atoms with van der Waals surface area (Å²) in [5, 5.41) is 0. The van der Waals surface area contributed by atoms with Crippen molar-refractivity contribution in [2.45, 2.75) is 65.0 Å². The van der Waals surface area contributed by atoms with Crippen molar-refractivity contribution >= 4 is 5.96 Å². The van der Waals surface area contributed by atoms with E-state index in [0.29, 0.717) is 6.04 Å². The van der Waals surface area contributed by atoms with E-state index in [1.165, 1.54) is 12.8 Å². The maximum Gasteiger partial charge on any atom is 0.192 e. The van der Waals surface area contributed by atoms with Crippen molar-refractivity contribution in [3.05, 3.63) is 0 Å². The highest BCUT2D eigenvalue weighted by Gasteiger charge is 2.41. The summed E-state index contributed by atoms with van der Waals surface area (Å²) in [5.41, 5.74) is 6.22. The molecule has 1 rings (SSSR count). The number of guanidine groups is 1. The van der Waals surface area contributed by atoms with Gasteiger partial charge in [-0.1, -0.05) is 27.2 Å². The molecule has 3 heteroatoms. The summed E-state index contributed by atoms with van der Waals surface area (Å²) < 4.78 is 0. The van der Waals surface area contributed by atoms with E-state index >= 15 is 0 Å². The molecule has 0 aliphatic carbocycles. The van der Waals surface area contributed by atoms with Crippen LogP contribution in [0.5, 0.6) is 0 Å². The lowest BCUT2D eigenvalue weighted by atomic mass is 9.88. The average molecular weight is 211 g/mol. The molecule has 3 nitrogen and oxygen atoms in total. The quantitative estimate of drug-likeness (QED) is 0.758. The van der Waals surface area contributed by atoms with E-state index in [1.807, 2.05) is 0 Å². The molecule has 2 atom stereocenters. The molecule has 0 aromatic rings. The molecule has 0 aromatic heterocycles. The largest absolute Gasteiger partial charge is 0.370 e. The Hall–Kier alpha value is -0.730. The number of nitrogens with zero attached hydrogens (tertiary/aromatic N) is 2. The SMILES string of the molecule is CCCC1(CC)CN=C(N)N1C(C)CC. The zero-order chi connectivity index (χ0) is 11.5. The molecular formula is C12H25N3. The summed E-state index contributed by atoms with van der Waals surface area (Å²) in [7, 11) is 0. The fraction of sp³-hybridized carbons (Fsp3) is 0.917. The van der Waals surface area contributed by atoms with Gasteiger partial charge in [-0.05, 0) is 26.2 Å². The van der Waals surface area contributed by atoms with Crippen LogP contribution >= 0.6 is 0 Å². The molecule has 1 aliphatic rings. The number of rotatable bonds is 5. The highest BCUT2D eigenvalue weighted by molar-refractivity contribution is 5.81. The van der Waals surface area contributed by atoms with E-state index in [4.69, 9.17) is 5.73 Å². The number of aliphatic imine (C=N–C) groups is 1. The molecule has 15 heavy (non-hydrogen) atoms. The van der Waals surface area contributed by atoms with Crippen molar-refractivity contribution in [2.24, 2.45) is 10.7 Å². The Morgan fingerprint density at radius 1 is 1.47 bits per heavy atom. The number of nitrogens with two attached hydrogens (primary N) is 1. The van der Waals surface area contributed by atoms with Gasteiger partial charge in [-0.15, -0.1) is 0 Å². The van der Waals surface area contributed by atoms with Gasteiger partial charge in [-0.2, -0.15) is 0 Å². The third kappa shape index (κ3) is 2.11. The zero-order valence-corrected chi connectivity index (χ0v) is 10.6. The summed E-state index contributed by atoms with van der Waals surface area (Å²) in [6, 6.07) is 0.503. The van der Waals surface area contributed by atoms with Crippen LogP contribution in [0.1, 0.15) is 53.4 Å². The topological polar surface area (TPSA) is 41.6 Å². The molecule has 1 aliphatic heterocycles. The Bertz CT molecular complexity index is 237. The molecule has 0 aromatic carbocycles.